The molecule has 2 aliphatic heterocycles. The predicted octanol–water partition coefficient (Wildman–Crippen LogP) is 5.72. The number of carbonyl (C=O) groups excluding carboxylic acids is 1. The van der Waals surface area contributed by atoms with E-state index in [9.17, 15) is 9.18 Å². The van der Waals surface area contributed by atoms with Gasteiger partial charge < -0.3 is 10.6 Å². The standard InChI is InChI=1S/C22H23Cl2FN2O/c1-21(2,3)10-12-11-26-19(14-5-4-6-16(24)18(14)25)22(12)15-8-7-13(23)9-17(15)27-20(22)28/h4-9,12,19,26H,10-11H2,1-3H3,(H,27,28)/t12-,19-,22+/m1/s1. The Hall–Kier alpha value is -1.62. The van der Waals surface area contributed by atoms with Crippen LogP contribution in [0.1, 0.15) is 44.4 Å². The third-order valence-electron chi connectivity index (χ3n) is 5.87. The third kappa shape index (κ3) is 2.94. The predicted molar refractivity (Wildman–Crippen MR) is 111 cm³/mol. The van der Waals surface area contributed by atoms with E-state index < -0.39 is 17.3 Å². The number of hydrogen-bond acceptors (Lipinski definition) is 2. The Morgan fingerprint density at radius 3 is 2.68 bits per heavy atom. The maximum absolute atomic E-state index is 15.0. The van der Waals surface area contributed by atoms with Crippen LogP contribution in [0.2, 0.25) is 10.0 Å². The maximum Gasteiger partial charge on any atom is 0.237 e. The molecule has 6 heteroatoms. The van der Waals surface area contributed by atoms with Gasteiger partial charge in [0.25, 0.3) is 0 Å². The monoisotopic (exact) mass is 420 g/mol. The van der Waals surface area contributed by atoms with E-state index in [0.717, 1.165) is 12.0 Å². The van der Waals surface area contributed by atoms with Crippen molar-refractivity contribution in [3.05, 3.63) is 63.4 Å². The van der Waals surface area contributed by atoms with Gasteiger partial charge in [-0.15, -0.1) is 0 Å². The number of hydrogen-bond donors (Lipinski definition) is 2. The molecule has 3 atom stereocenters. The van der Waals surface area contributed by atoms with Crippen LogP contribution < -0.4 is 10.6 Å². The highest BCUT2D eigenvalue weighted by atomic mass is 35.5. The fourth-order valence-corrected chi connectivity index (χ4v) is 5.26. The molecular formula is C22H23Cl2FN2O. The van der Waals surface area contributed by atoms with Crippen molar-refractivity contribution < 1.29 is 9.18 Å². The van der Waals surface area contributed by atoms with Gasteiger partial charge in [0.1, 0.15) is 5.82 Å². The van der Waals surface area contributed by atoms with E-state index in [1.807, 2.05) is 6.07 Å². The summed E-state index contributed by atoms with van der Waals surface area (Å²) >= 11 is 12.2. The average molecular weight is 421 g/mol. The molecule has 0 aliphatic carbocycles. The van der Waals surface area contributed by atoms with Crippen molar-refractivity contribution in [2.75, 3.05) is 11.9 Å². The van der Waals surface area contributed by atoms with Gasteiger partial charge in [-0.3, -0.25) is 4.79 Å². The summed E-state index contributed by atoms with van der Waals surface area (Å²) in [7, 11) is 0. The van der Waals surface area contributed by atoms with Gasteiger partial charge in [0.15, 0.2) is 0 Å². The van der Waals surface area contributed by atoms with Crippen molar-refractivity contribution in [2.24, 2.45) is 11.3 Å². The van der Waals surface area contributed by atoms with E-state index in [4.69, 9.17) is 23.2 Å². The summed E-state index contributed by atoms with van der Waals surface area (Å²) < 4.78 is 15.0. The molecule has 0 radical (unpaired) electrons. The molecule has 2 aromatic carbocycles. The highest BCUT2D eigenvalue weighted by molar-refractivity contribution is 6.31. The molecule has 28 heavy (non-hydrogen) atoms. The van der Waals surface area contributed by atoms with E-state index in [0.29, 0.717) is 22.8 Å². The summed E-state index contributed by atoms with van der Waals surface area (Å²) in [5.74, 6) is -0.598. The highest BCUT2D eigenvalue weighted by Crippen LogP contribution is 2.56. The number of benzene rings is 2. The van der Waals surface area contributed by atoms with Crippen LogP contribution in [0.3, 0.4) is 0 Å². The molecule has 2 aromatic rings. The molecule has 2 N–H and O–H groups in total. The largest absolute Gasteiger partial charge is 0.325 e. The lowest BCUT2D eigenvalue weighted by atomic mass is 9.63. The molecule has 2 aliphatic rings. The van der Waals surface area contributed by atoms with Crippen LogP contribution in [-0.4, -0.2) is 12.5 Å². The quantitative estimate of drug-likeness (QED) is 0.651. The first-order valence-corrected chi connectivity index (χ1v) is 10.2. The van der Waals surface area contributed by atoms with E-state index >= 15 is 0 Å². The average Bonchev–Trinajstić information content (AvgIpc) is 3.09. The second-order valence-electron chi connectivity index (χ2n) is 8.96. The van der Waals surface area contributed by atoms with Gasteiger partial charge in [-0.1, -0.05) is 62.2 Å². The number of anilines is 1. The zero-order valence-corrected chi connectivity index (χ0v) is 17.6. The van der Waals surface area contributed by atoms with Crippen LogP contribution in [0.15, 0.2) is 36.4 Å². The Morgan fingerprint density at radius 2 is 1.96 bits per heavy atom. The minimum Gasteiger partial charge on any atom is -0.325 e. The molecule has 1 saturated heterocycles. The number of amides is 1. The van der Waals surface area contributed by atoms with Gasteiger partial charge in [0, 0.05) is 22.8 Å². The maximum atomic E-state index is 15.0. The molecule has 1 spiro atoms. The molecule has 2 heterocycles. The van der Waals surface area contributed by atoms with Gasteiger partial charge in [0.2, 0.25) is 5.91 Å². The molecule has 0 bridgehead atoms. The molecular weight excluding hydrogens is 398 g/mol. The van der Waals surface area contributed by atoms with Gasteiger partial charge in [-0.2, -0.15) is 0 Å². The topological polar surface area (TPSA) is 41.1 Å². The van der Waals surface area contributed by atoms with E-state index in [-0.39, 0.29) is 22.3 Å². The molecule has 148 valence electrons. The molecule has 0 aromatic heterocycles. The SMILES string of the molecule is CC(C)(C)C[C@@H]1CN[C@H](c2cccc(Cl)c2F)[C@]12C(=O)Nc1cc(Cl)ccc12. The van der Waals surface area contributed by atoms with Crippen molar-refractivity contribution in [1.29, 1.82) is 0 Å². The van der Waals surface area contributed by atoms with Crippen molar-refractivity contribution in [2.45, 2.75) is 38.6 Å². The van der Waals surface area contributed by atoms with Crippen LogP contribution in [0, 0.1) is 17.2 Å². The highest BCUT2D eigenvalue weighted by Gasteiger charge is 2.61. The van der Waals surface area contributed by atoms with Gasteiger partial charge in [-0.25, -0.2) is 4.39 Å². The molecule has 4 rings (SSSR count). The van der Waals surface area contributed by atoms with E-state index in [1.54, 1.807) is 24.3 Å². The first kappa shape index (κ1) is 19.7. The van der Waals surface area contributed by atoms with Gasteiger partial charge in [-0.05, 0) is 41.5 Å². The lowest BCUT2D eigenvalue weighted by Crippen LogP contribution is -2.45. The fourth-order valence-electron chi connectivity index (χ4n) is 4.91. The number of carbonyl (C=O) groups is 1. The lowest BCUT2D eigenvalue weighted by Gasteiger charge is -2.37. The molecule has 1 fully saturated rings. The molecule has 0 unspecified atom stereocenters. The first-order chi connectivity index (χ1) is 13.1. The Balaban J connectivity index is 1.94. The Bertz CT molecular complexity index is 956. The number of nitrogens with one attached hydrogen (secondary N) is 2. The minimum absolute atomic E-state index is 0.00157. The second kappa shape index (κ2) is 6.72. The Morgan fingerprint density at radius 1 is 1.21 bits per heavy atom. The smallest absolute Gasteiger partial charge is 0.237 e. The molecule has 1 amide bonds. The van der Waals surface area contributed by atoms with Crippen LogP contribution in [0.5, 0.6) is 0 Å². The number of rotatable bonds is 2. The van der Waals surface area contributed by atoms with Crippen LogP contribution in [-0.2, 0) is 10.2 Å². The summed E-state index contributed by atoms with van der Waals surface area (Å²) in [5.41, 5.74) is 1.08. The molecule has 0 saturated carbocycles. The summed E-state index contributed by atoms with van der Waals surface area (Å²) in [4.78, 5) is 13.5. The van der Waals surface area contributed by atoms with E-state index in [2.05, 4.69) is 31.4 Å². The third-order valence-corrected chi connectivity index (χ3v) is 6.40. The zero-order valence-electron chi connectivity index (χ0n) is 16.1. The Labute approximate surface area is 174 Å². The summed E-state index contributed by atoms with van der Waals surface area (Å²) in [5, 5.41) is 7.06. The second-order valence-corrected chi connectivity index (χ2v) is 9.80. The van der Waals surface area contributed by atoms with Crippen LogP contribution in [0.25, 0.3) is 0 Å². The number of halogens is 3. The molecule has 3 nitrogen and oxygen atoms in total. The van der Waals surface area contributed by atoms with Gasteiger partial charge in [0.05, 0.1) is 16.5 Å². The first-order valence-electron chi connectivity index (χ1n) is 9.43. The van der Waals surface area contributed by atoms with Crippen molar-refractivity contribution in [3.63, 3.8) is 0 Å². The summed E-state index contributed by atoms with van der Waals surface area (Å²) in [6.07, 6.45) is 0.814. The normalized spacial score (nSPS) is 26.6. The summed E-state index contributed by atoms with van der Waals surface area (Å²) in [6, 6.07) is 9.90. The Kier molecular flexibility index (Phi) is 4.72. The van der Waals surface area contributed by atoms with Crippen molar-refractivity contribution in [3.8, 4) is 0 Å². The van der Waals surface area contributed by atoms with Crippen molar-refractivity contribution >= 4 is 34.8 Å². The number of fused-ring (bicyclic) bond motifs is 2. The minimum atomic E-state index is -0.918. The van der Waals surface area contributed by atoms with Crippen LogP contribution in [0.4, 0.5) is 10.1 Å². The van der Waals surface area contributed by atoms with Crippen molar-refractivity contribution in [1.82, 2.24) is 5.32 Å². The van der Waals surface area contributed by atoms with E-state index in [1.165, 1.54) is 6.07 Å². The summed E-state index contributed by atoms with van der Waals surface area (Å²) in [6.45, 7) is 7.08. The fraction of sp³-hybridized carbons (Fsp3) is 0.409. The van der Waals surface area contributed by atoms with Crippen LogP contribution >= 0.6 is 23.2 Å². The lowest BCUT2D eigenvalue weighted by molar-refractivity contribution is -0.123. The van der Waals surface area contributed by atoms with Gasteiger partial charge >= 0.3 is 0 Å². The zero-order chi connectivity index (χ0) is 20.3.